The van der Waals surface area contributed by atoms with Gasteiger partial charge in [-0.1, -0.05) is 0 Å². The van der Waals surface area contributed by atoms with Crippen LogP contribution in [0.3, 0.4) is 0 Å². The molecule has 0 aromatic carbocycles. The van der Waals surface area contributed by atoms with E-state index in [1.807, 2.05) is 0 Å². The van der Waals surface area contributed by atoms with E-state index in [2.05, 4.69) is 9.71 Å². The molecule has 0 aliphatic heterocycles. The first kappa shape index (κ1) is 12.7. The number of sulfonamides is 1. The Balaban J connectivity index is 2.63. The van der Waals surface area contributed by atoms with E-state index in [-0.39, 0.29) is 23.9 Å². The highest BCUT2D eigenvalue weighted by Crippen LogP contribution is 2.19. The molecule has 0 unspecified atom stereocenters. The van der Waals surface area contributed by atoms with Gasteiger partial charge in [-0.15, -0.1) is 0 Å². The highest BCUT2D eigenvalue weighted by atomic mass is 32.2. The van der Waals surface area contributed by atoms with Gasteiger partial charge in [0.05, 0.1) is 12.4 Å². The predicted molar refractivity (Wildman–Crippen MR) is 59.8 cm³/mol. The zero-order chi connectivity index (χ0) is 12.0. The van der Waals surface area contributed by atoms with Crippen LogP contribution in [-0.4, -0.2) is 37.5 Å². The van der Waals surface area contributed by atoms with Gasteiger partial charge in [0.2, 0.25) is 10.0 Å². The molecule has 0 radical (unpaired) electrons. The number of aromatic nitrogens is 1. The monoisotopic (exact) mass is 246 g/mol. The van der Waals surface area contributed by atoms with Gasteiger partial charge < -0.3 is 9.84 Å². The fourth-order valence-electron chi connectivity index (χ4n) is 0.987. The largest absolute Gasteiger partial charge is 0.504 e. The third-order valence-corrected chi connectivity index (χ3v) is 2.95. The average molecular weight is 246 g/mol. The van der Waals surface area contributed by atoms with E-state index in [1.54, 1.807) is 6.92 Å². The van der Waals surface area contributed by atoms with E-state index < -0.39 is 10.0 Å². The molecule has 90 valence electrons. The number of anilines is 1. The zero-order valence-corrected chi connectivity index (χ0v) is 9.70. The molecular weight excluding hydrogens is 232 g/mol. The molecule has 0 saturated carbocycles. The summed E-state index contributed by atoms with van der Waals surface area (Å²) in [6.07, 6.45) is 1.39. The first-order valence-corrected chi connectivity index (χ1v) is 6.42. The first-order valence-electron chi connectivity index (χ1n) is 4.77. The molecule has 0 amide bonds. The van der Waals surface area contributed by atoms with Gasteiger partial charge in [-0.05, 0) is 19.1 Å². The van der Waals surface area contributed by atoms with E-state index in [0.717, 1.165) is 0 Å². The number of nitrogens with one attached hydrogen (secondary N) is 1. The Labute approximate surface area is 94.3 Å². The third-order valence-electron chi connectivity index (χ3n) is 1.74. The molecule has 1 rings (SSSR count). The molecule has 7 heteroatoms. The summed E-state index contributed by atoms with van der Waals surface area (Å²) < 4.78 is 30.1. The van der Waals surface area contributed by atoms with Crippen molar-refractivity contribution in [3.63, 3.8) is 0 Å². The Morgan fingerprint density at radius 2 is 2.31 bits per heavy atom. The molecule has 0 aliphatic rings. The van der Waals surface area contributed by atoms with Crippen molar-refractivity contribution in [1.82, 2.24) is 4.98 Å². The fourth-order valence-corrected chi connectivity index (χ4v) is 1.88. The fraction of sp³-hybridized carbons (Fsp3) is 0.444. The average Bonchev–Trinajstić information content (AvgIpc) is 2.21. The number of nitrogens with zero attached hydrogens (tertiary/aromatic N) is 1. The summed E-state index contributed by atoms with van der Waals surface area (Å²) in [6.45, 7) is 2.36. The van der Waals surface area contributed by atoms with E-state index in [1.165, 1.54) is 18.3 Å². The van der Waals surface area contributed by atoms with Crippen LogP contribution in [0.15, 0.2) is 18.3 Å². The number of hydrogen-bond acceptors (Lipinski definition) is 5. The molecule has 16 heavy (non-hydrogen) atoms. The molecule has 1 aromatic heterocycles. The zero-order valence-electron chi connectivity index (χ0n) is 8.88. The molecule has 0 spiro atoms. The normalized spacial score (nSPS) is 11.3. The van der Waals surface area contributed by atoms with Crippen LogP contribution in [-0.2, 0) is 14.8 Å². The molecular formula is C9H14N2O4S. The van der Waals surface area contributed by atoms with Crippen molar-refractivity contribution >= 4 is 15.8 Å². The van der Waals surface area contributed by atoms with Crippen LogP contribution < -0.4 is 4.72 Å². The first-order chi connectivity index (χ1) is 7.55. The highest BCUT2D eigenvalue weighted by molar-refractivity contribution is 7.92. The number of ether oxygens (including phenoxy) is 1. The Morgan fingerprint density at radius 1 is 1.56 bits per heavy atom. The predicted octanol–water partition coefficient (Wildman–Crippen LogP) is 0.565. The Hall–Kier alpha value is -1.34. The van der Waals surface area contributed by atoms with E-state index >= 15 is 0 Å². The van der Waals surface area contributed by atoms with Crippen LogP contribution in [0.5, 0.6) is 5.75 Å². The number of pyridine rings is 1. The van der Waals surface area contributed by atoms with Gasteiger partial charge in [0.1, 0.15) is 0 Å². The second kappa shape index (κ2) is 5.66. The van der Waals surface area contributed by atoms with Crippen LogP contribution in [0.2, 0.25) is 0 Å². The van der Waals surface area contributed by atoms with Gasteiger partial charge in [-0.25, -0.2) is 13.4 Å². The smallest absolute Gasteiger partial charge is 0.236 e. The van der Waals surface area contributed by atoms with Crippen LogP contribution in [0.1, 0.15) is 6.92 Å². The Kier molecular flexibility index (Phi) is 4.51. The lowest BCUT2D eigenvalue weighted by atomic mass is 10.4. The molecule has 0 fully saturated rings. The molecule has 2 N–H and O–H groups in total. The summed E-state index contributed by atoms with van der Waals surface area (Å²) >= 11 is 0. The van der Waals surface area contributed by atoms with Crippen LogP contribution in [0.4, 0.5) is 5.82 Å². The highest BCUT2D eigenvalue weighted by Gasteiger charge is 2.13. The van der Waals surface area contributed by atoms with E-state index in [9.17, 15) is 13.5 Å². The second-order valence-electron chi connectivity index (χ2n) is 2.99. The molecule has 1 heterocycles. The molecule has 1 aromatic rings. The SMILES string of the molecule is CCOCCS(=O)(=O)Nc1ncccc1O. The van der Waals surface area contributed by atoms with Gasteiger partial charge in [0, 0.05) is 12.8 Å². The van der Waals surface area contributed by atoms with Crippen molar-refractivity contribution in [2.24, 2.45) is 0 Å². The van der Waals surface area contributed by atoms with Crippen molar-refractivity contribution in [3.8, 4) is 5.75 Å². The van der Waals surface area contributed by atoms with Crippen molar-refractivity contribution in [2.75, 3.05) is 23.7 Å². The lowest BCUT2D eigenvalue weighted by Crippen LogP contribution is -2.20. The standard InChI is InChI=1S/C9H14N2O4S/c1-2-15-6-7-16(13,14)11-9-8(12)4-3-5-10-9/h3-5,12H,2,6-7H2,1H3,(H,10,11). The minimum Gasteiger partial charge on any atom is -0.504 e. The summed E-state index contributed by atoms with van der Waals surface area (Å²) in [5.41, 5.74) is 0. The third kappa shape index (κ3) is 4.03. The Bertz CT molecular complexity index is 433. The van der Waals surface area contributed by atoms with Gasteiger partial charge in [0.15, 0.2) is 11.6 Å². The van der Waals surface area contributed by atoms with E-state index in [0.29, 0.717) is 6.61 Å². The van der Waals surface area contributed by atoms with Crippen LogP contribution in [0, 0.1) is 0 Å². The molecule has 0 bridgehead atoms. The summed E-state index contributed by atoms with van der Waals surface area (Å²) in [5, 5.41) is 9.32. The Morgan fingerprint density at radius 3 is 2.94 bits per heavy atom. The number of hydrogen-bond donors (Lipinski definition) is 2. The van der Waals surface area contributed by atoms with Crippen molar-refractivity contribution in [2.45, 2.75) is 6.92 Å². The maximum Gasteiger partial charge on any atom is 0.236 e. The van der Waals surface area contributed by atoms with Gasteiger partial charge >= 0.3 is 0 Å². The second-order valence-corrected chi connectivity index (χ2v) is 4.83. The summed E-state index contributed by atoms with van der Waals surface area (Å²) in [5.74, 6) is -0.446. The summed E-state index contributed by atoms with van der Waals surface area (Å²) in [6, 6.07) is 2.86. The maximum atomic E-state index is 11.5. The maximum absolute atomic E-state index is 11.5. The minimum atomic E-state index is -3.53. The summed E-state index contributed by atoms with van der Waals surface area (Å²) in [4.78, 5) is 3.71. The minimum absolute atomic E-state index is 0.0704. The number of rotatable bonds is 6. The van der Waals surface area contributed by atoms with Gasteiger partial charge in [-0.3, -0.25) is 4.72 Å². The summed E-state index contributed by atoms with van der Waals surface area (Å²) in [7, 11) is -3.53. The molecule has 6 nitrogen and oxygen atoms in total. The quantitative estimate of drug-likeness (QED) is 0.716. The number of aromatic hydroxyl groups is 1. The van der Waals surface area contributed by atoms with Crippen LogP contribution >= 0.6 is 0 Å². The lowest BCUT2D eigenvalue weighted by Gasteiger charge is -2.07. The topological polar surface area (TPSA) is 88.5 Å². The van der Waals surface area contributed by atoms with Crippen molar-refractivity contribution in [3.05, 3.63) is 18.3 Å². The van der Waals surface area contributed by atoms with Crippen molar-refractivity contribution < 1.29 is 18.3 Å². The molecule has 0 aliphatic carbocycles. The van der Waals surface area contributed by atoms with Crippen LogP contribution in [0.25, 0.3) is 0 Å². The van der Waals surface area contributed by atoms with Gasteiger partial charge in [0.25, 0.3) is 0 Å². The van der Waals surface area contributed by atoms with Crippen molar-refractivity contribution in [1.29, 1.82) is 0 Å². The lowest BCUT2D eigenvalue weighted by molar-refractivity contribution is 0.163. The van der Waals surface area contributed by atoms with E-state index in [4.69, 9.17) is 4.74 Å². The molecule has 0 saturated heterocycles. The molecule has 0 atom stereocenters. The van der Waals surface area contributed by atoms with Gasteiger partial charge in [-0.2, -0.15) is 0 Å².